The maximum atomic E-state index is 13.0. The molecule has 2 rings (SSSR count). The van der Waals surface area contributed by atoms with Crippen LogP contribution in [0.4, 0.5) is 0 Å². The highest BCUT2D eigenvalue weighted by Crippen LogP contribution is 2.26. The van der Waals surface area contributed by atoms with Crippen molar-refractivity contribution < 1.29 is 73.8 Å². The number of unbranched alkanes of at least 4 members (excludes halogenated alkanes) is 21. The van der Waals surface area contributed by atoms with Crippen molar-refractivity contribution in [3.63, 3.8) is 0 Å². The maximum absolute atomic E-state index is 13.0. The van der Waals surface area contributed by atoms with Crippen LogP contribution in [-0.4, -0.2) is 142 Å². The van der Waals surface area contributed by atoms with Crippen molar-refractivity contribution in [2.75, 3.05) is 26.4 Å². The van der Waals surface area contributed by atoms with E-state index < -0.39 is 92.7 Å². The van der Waals surface area contributed by atoms with E-state index in [1.807, 2.05) is 0 Å². The fourth-order valence-electron chi connectivity index (χ4n) is 7.68. The molecule has 0 spiro atoms. The van der Waals surface area contributed by atoms with Crippen LogP contribution in [0.2, 0.25) is 0 Å². The van der Waals surface area contributed by atoms with Crippen molar-refractivity contribution >= 4 is 11.9 Å². The summed E-state index contributed by atoms with van der Waals surface area (Å²) in [7, 11) is 0. The standard InChI is InChI=1S/C47H86O15/c1-3-5-7-9-11-13-15-16-17-18-20-22-24-26-28-30-39(50)60-35(32-57-38(49)29-27-25-23-21-19-14-12-10-8-6-4-2)33-58-46-45(56)43(54)41(52)37(62-46)34-59-47-44(55)42(53)40(51)36(31-48)61-47/h16-17,35-37,40-48,51-56H,3-15,18-34H2,1-2H3/b17-16+/t35-,36-,37-,40+,41+,42?,43?,44?,45?,46-,47-/m1/s1. The van der Waals surface area contributed by atoms with E-state index in [4.69, 9.17) is 28.4 Å². The van der Waals surface area contributed by atoms with Crippen LogP contribution in [0.5, 0.6) is 0 Å². The van der Waals surface area contributed by atoms with Gasteiger partial charge in [0.1, 0.15) is 55.4 Å². The van der Waals surface area contributed by atoms with Gasteiger partial charge in [0.2, 0.25) is 0 Å². The van der Waals surface area contributed by atoms with Gasteiger partial charge in [-0.2, -0.15) is 0 Å². The Balaban J connectivity index is 1.84. The van der Waals surface area contributed by atoms with E-state index in [2.05, 4.69) is 26.0 Å². The Bertz CT molecular complexity index is 1140. The van der Waals surface area contributed by atoms with Gasteiger partial charge < -0.3 is 64.2 Å². The highest BCUT2D eigenvalue weighted by Gasteiger charge is 2.47. The lowest BCUT2D eigenvalue weighted by Crippen LogP contribution is -2.61. The SMILES string of the molecule is CCCCCCCC/C=C/CCCCCCCC(=O)O[C@H](COC(=O)CCCCCCCCCCCCC)CO[C@@H]1O[C@H](CO[C@@H]2O[C@H](CO)[C@H](O)C(O)C2O)[C@H](O)C(O)C1O. The Morgan fingerprint density at radius 2 is 0.919 bits per heavy atom. The number of allylic oxidation sites excluding steroid dienone is 2. The summed E-state index contributed by atoms with van der Waals surface area (Å²) in [5.41, 5.74) is 0. The quantitative estimate of drug-likeness (QED) is 0.0221. The summed E-state index contributed by atoms with van der Waals surface area (Å²) < 4.78 is 33.5. The third-order valence-corrected chi connectivity index (χ3v) is 11.7. The Hall–Kier alpha value is -1.76. The summed E-state index contributed by atoms with van der Waals surface area (Å²) in [6.45, 7) is 2.57. The average molecular weight is 891 g/mol. The molecule has 0 aromatic carbocycles. The van der Waals surface area contributed by atoms with Gasteiger partial charge in [-0.3, -0.25) is 9.59 Å². The predicted octanol–water partition coefficient (Wildman–Crippen LogP) is 5.82. The molecule has 0 saturated carbocycles. The van der Waals surface area contributed by atoms with Crippen molar-refractivity contribution in [3.8, 4) is 0 Å². The number of rotatable bonds is 37. The Labute approximate surface area is 371 Å². The van der Waals surface area contributed by atoms with Crippen LogP contribution in [0.3, 0.4) is 0 Å². The van der Waals surface area contributed by atoms with Gasteiger partial charge in [0, 0.05) is 12.8 Å². The van der Waals surface area contributed by atoms with Gasteiger partial charge in [0.25, 0.3) is 0 Å². The van der Waals surface area contributed by atoms with Crippen LogP contribution in [0.25, 0.3) is 0 Å². The fourth-order valence-corrected chi connectivity index (χ4v) is 7.68. The van der Waals surface area contributed by atoms with Gasteiger partial charge in [-0.15, -0.1) is 0 Å². The van der Waals surface area contributed by atoms with Crippen molar-refractivity contribution in [1.29, 1.82) is 0 Å². The summed E-state index contributed by atoms with van der Waals surface area (Å²) in [5, 5.41) is 71.9. The number of carbonyl (C=O) groups is 2. The van der Waals surface area contributed by atoms with Crippen molar-refractivity contribution in [3.05, 3.63) is 12.2 Å². The van der Waals surface area contributed by atoms with Gasteiger partial charge in [0.15, 0.2) is 18.7 Å². The second-order valence-electron chi connectivity index (χ2n) is 17.3. The lowest BCUT2D eigenvalue weighted by atomic mass is 9.98. The molecule has 7 N–H and O–H groups in total. The molecule has 2 aliphatic heterocycles. The fraction of sp³-hybridized carbons (Fsp3) is 0.915. The van der Waals surface area contributed by atoms with Gasteiger partial charge in [-0.05, 0) is 38.5 Å². The highest BCUT2D eigenvalue weighted by molar-refractivity contribution is 5.70. The molecule has 4 unspecified atom stereocenters. The molecule has 11 atom stereocenters. The van der Waals surface area contributed by atoms with Crippen LogP contribution in [-0.2, 0) is 38.0 Å². The number of esters is 2. The van der Waals surface area contributed by atoms with Crippen molar-refractivity contribution in [2.45, 2.75) is 248 Å². The highest BCUT2D eigenvalue weighted by atomic mass is 16.7. The zero-order valence-electron chi connectivity index (χ0n) is 38.1. The second-order valence-corrected chi connectivity index (χ2v) is 17.3. The number of hydrogen-bond donors (Lipinski definition) is 7. The van der Waals surface area contributed by atoms with Crippen LogP contribution in [0, 0.1) is 0 Å². The maximum Gasteiger partial charge on any atom is 0.306 e. The van der Waals surface area contributed by atoms with Crippen LogP contribution in [0.15, 0.2) is 12.2 Å². The van der Waals surface area contributed by atoms with E-state index in [0.717, 1.165) is 57.8 Å². The predicted molar refractivity (Wildman–Crippen MR) is 234 cm³/mol. The monoisotopic (exact) mass is 891 g/mol. The minimum atomic E-state index is -1.76. The first-order chi connectivity index (χ1) is 30.0. The molecule has 2 fully saturated rings. The smallest absolute Gasteiger partial charge is 0.306 e. The molecule has 0 aromatic heterocycles. The Morgan fingerprint density at radius 1 is 0.500 bits per heavy atom. The Morgan fingerprint density at radius 3 is 1.42 bits per heavy atom. The summed E-state index contributed by atoms with van der Waals surface area (Å²) >= 11 is 0. The number of ether oxygens (including phenoxy) is 6. The lowest BCUT2D eigenvalue weighted by Gasteiger charge is -2.42. The molecular formula is C47H86O15. The molecule has 364 valence electrons. The van der Waals surface area contributed by atoms with Gasteiger partial charge in [-0.25, -0.2) is 0 Å². The van der Waals surface area contributed by atoms with Crippen LogP contribution < -0.4 is 0 Å². The first-order valence-corrected chi connectivity index (χ1v) is 24.3. The molecule has 15 heteroatoms. The number of aliphatic hydroxyl groups excluding tert-OH is 7. The van der Waals surface area contributed by atoms with E-state index in [1.165, 1.54) is 83.5 Å². The first kappa shape index (κ1) is 56.4. The van der Waals surface area contributed by atoms with Crippen molar-refractivity contribution in [1.82, 2.24) is 0 Å². The largest absolute Gasteiger partial charge is 0.462 e. The zero-order valence-corrected chi connectivity index (χ0v) is 38.1. The molecule has 62 heavy (non-hydrogen) atoms. The molecular weight excluding hydrogens is 805 g/mol. The molecule has 0 amide bonds. The third kappa shape index (κ3) is 24.0. The number of aliphatic hydroxyl groups is 7. The summed E-state index contributed by atoms with van der Waals surface area (Å²) in [6, 6.07) is 0. The Kier molecular flexibility index (Phi) is 32.3. The van der Waals surface area contributed by atoms with Gasteiger partial charge in [-0.1, -0.05) is 142 Å². The van der Waals surface area contributed by atoms with E-state index >= 15 is 0 Å². The minimum absolute atomic E-state index is 0.159. The third-order valence-electron chi connectivity index (χ3n) is 11.7. The zero-order chi connectivity index (χ0) is 45.4. The van der Waals surface area contributed by atoms with E-state index in [9.17, 15) is 45.3 Å². The summed E-state index contributed by atoms with van der Waals surface area (Å²) in [5.74, 6) is -0.929. The lowest BCUT2D eigenvalue weighted by molar-refractivity contribution is -0.332. The van der Waals surface area contributed by atoms with E-state index in [-0.39, 0.29) is 26.1 Å². The number of carbonyl (C=O) groups excluding carboxylic acids is 2. The topological polar surface area (TPSA) is 231 Å². The van der Waals surface area contributed by atoms with Gasteiger partial charge in [0.05, 0.1) is 19.8 Å². The second kappa shape index (κ2) is 35.5. The van der Waals surface area contributed by atoms with Crippen molar-refractivity contribution in [2.24, 2.45) is 0 Å². The molecule has 0 aromatic rings. The molecule has 0 bridgehead atoms. The molecule has 2 aliphatic rings. The average Bonchev–Trinajstić information content (AvgIpc) is 3.26. The summed E-state index contributed by atoms with van der Waals surface area (Å²) in [4.78, 5) is 25.6. The molecule has 2 heterocycles. The molecule has 0 aliphatic carbocycles. The first-order valence-electron chi connectivity index (χ1n) is 24.3. The van der Waals surface area contributed by atoms with E-state index in [0.29, 0.717) is 12.8 Å². The minimum Gasteiger partial charge on any atom is -0.462 e. The summed E-state index contributed by atoms with van der Waals surface area (Å²) in [6.07, 6.45) is 15.3. The normalized spacial score (nSPS) is 27.1. The number of hydrogen-bond acceptors (Lipinski definition) is 15. The van der Waals surface area contributed by atoms with Crippen LogP contribution >= 0.6 is 0 Å². The van der Waals surface area contributed by atoms with E-state index in [1.54, 1.807) is 0 Å². The molecule has 2 saturated heterocycles. The molecule has 0 radical (unpaired) electrons. The van der Waals surface area contributed by atoms with Gasteiger partial charge >= 0.3 is 11.9 Å². The van der Waals surface area contributed by atoms with Crippen LogP contribution in [0.1, 0.15) is 181 Å². The molecule has 15 nitrogen and oxygen atoms in total.